The number of hydrogen-bond acceptors (Lipinski definition) is 3. The molecular formula is C31H27N3OS. The van der Waals surface area contributed by atoms with Crippen molar-refractivity contribution in [3.05, 3.63) is 119 Å². The number of anilines is 1. The quantitative estimate of drug-likeness (QED) is 0.252. The van der Waals surface area contributed by atoms with Gasteiger partial charge in [-0.25, -0.2) is 0 Å². The first-order chi connectivity index (χ1) is 17.7. The van der Waals surface area contributed by atoms with Gasteiger partial charge in [0.2, 0.25) is 0 Å². The molecule has 36 heavy (non-hydrogen) atoms. The van der Waals surface area contributed by atoms with E-state index in [0.29, 0.717) is 4.91 Å². The summed E-state index contributed by atoms with van der Waals surface area (Å²) < 4.78 is 2.28. The summed E-state index contributed by atoms with van der Waals surface area (Å²) >= 11 is 1.52. The Bertz CT molecular complexity index is 1590. The van der Waals surface area contributed by atoms with Gasteiger partial charge in [0.25, 0.3) is 5.91 Å². The van der Waals surface area contributed by atoms with E-state index in [2.05, 4.69) is 119 Å². The molecule has 5 aromatic rings. The smallest absolute Gasteiger partial charge is 0.260 e. The first kappa shape index (κ1) is 22.5. The topological polar surface area (TPSA) is 46.1 Å². The van der Waals surface area contributed by atoms with Crippen LogP contribution in [0.15, 0.2) is 102 Å². The number of carbonyl (C=O) groups excluding carboxylic acids is 1. The highest BCUT2D eigenvalue weighted by atomic mass is 32.2. The number of fused-ring (bicyclic) bond motifs is 2. The molecule has 1 aliphatic rings. The van der Waals surface area contributed by atoms with Gasteiger partial charge >= 0.3 is 0 Å². The molecule has 5 heteroatoms. The van der Waals surface area contributed by atoms with Gasteiger partial charge in [-0.05, 0) is 52.6 Å². The molecular weight excluding hydrogens is 462 g/mol. The Morgan fingerprint density at radius 1 is 0.917 bits per heavy atom. The summed E-state index contributed by atoms with van der Waals surface area (Å²) in [4.78, 5) is 13.5. The van der Waals surface area contributed by atoms with Crippen LogP contribution >= 0.6 is 11.8 Å². The van der Waals surface area contributed by atoms with Crippen molar-refractivity contribution in [2.45, 2.75) is 25.4 Å². The predicted molar refractivity (Wildman–Crippen MR) is 152 cm³/mol. The number of nitrogens with zero attached hydrogens (tertiary/aromatic N) is 1. The van der Waals surface area contributed by atoms with E-state index >= 15 is 0 Å². The summed E-state index contributed by atoms with van der Waals surface area (Å²) in [6, 6.07) is 31.7. The predicted octanol–water partition coefficient (Wildman–Crippen LogP) is 7.00. The normalized spacial score (nSPS) is 16.6. The monoisotopic (exact) mass is 489 g/mol. The Hall–Kier alpha value is -3.96. The average Bonchev–Trinajstić information content (AvgIpc) is 3.44. The molecule has 0 radical (unpaired) electrons. The van der Waals surface area contributed by atoms with Gasteiger partial charge in [-0.3, -0.25) is 4.79 Å². The number of thioether (sulfide) groups is 1. The van der Waals surface area contributed by atoms with Crippen molar-refractivity contribution in [3.63, 3.8) is 0 Å². The van der Waals surface area contributed by atoms with Crippen molar-refractivity contribution in [3.8, 4) is 0 Å². The van der Waals surface area contributed by atoms with Gasteiger partial charge < -0.3 is 15.2 Å². The molecule has 4 aromatic carbocycles. The van der Waals surface area contributed by atoms with Crippen LogP contribution < -0.4 is 10.6 Å². The maximum atomic E-state index is 12.8. The number of aryl methyl sites for hydroxylation is 1. The molecule has 2 heterocycles. The molecule has 0 spiro atoms. The summed E-state index contributed by atoms with van der Waals surface area (Å²) in [5.74, 6) is -0.0476. The summed E-state index contributed by atoms with van der Waals surface area (Å²) in [6.07, 6.45) is 5.19. The van der Waals surface area contributed by atoms with E-state index in [1.165, 1.54) is 33.7 Å². The molecule has 1 atom stereocenters. The molecule has 0 saturated carbocycles. The number of carbonyl (C=O) groups is 1. The number of hydrogen-bond donors (Lipinski definition) is 2. The molecule has 1 saturated heterocycles. The fourth-order valence-corrected chi connectivity index (χ4v) is 5.81. The lowest BCUT2D eigenvalue weighted by atomic mass is 10.0. The van der Waals surface area contributed by atoms with E-state index < -0.39 is 0 Å². The average molecular weight is 490 g/mol. The van der Waals surface area contributed by atoms with Gasteiger partial charge in [-0.2, -0.15) is 0 Å². The fraction of sp³-hybridized carbons (Fsp3) is 0.129. The van der Waals surface area contributed by atoms with Crippen molar-refractivity contribution in [1.82, 2.24) is 9.88 Å². The molecule has 0 bridgehead atoms. The van der Waals surface area contributed by atoms with Gasteiger partial charge in [0, 0.05) is 34.9 Å². The highest BCUT2D eigenvalue weighted by molar-refractivity contribution is 8.05. The van der Waals surface area contributed by atoms with Crippen molar-refractivity contribution in [1.29, 1.82) is 0 Å². The maximum Gasteiger partial charge on any atom is 0.260 e. The maximum absolute atomic E-state index is 12.8. The number of amides is 1. The first-order valence-corrected chi connectivity index (χ1v) is 13.1. The van der Waals surface area contributed by atoms with E-state index in [9.17, 15) is 4.79 Å². The van der Waals surface area contributed by atoms with Crippen LogP contribution in [0, 0.1) is 0 Å². The molecule has 6 rings (SSSR count). The molecule has 0 aliphatic carbocycles. The second-order valence-electron chi connectivity index (χ2n) is 9.04. The first-order valence-electron chi connectivity index (χ1n) is 12.3. The van der Waals surface area contributed by atoms with Crippen LogP contribution in [0.5, 0.6) is 0 Å². The number of para-hydroxylation sites is 1. The van der Waals surface area contributed by atoms with Crippen LogP contribution in [0.4, 0.5) is 5.69 Å². The molecule has 178 valence electrons. The standard InChI is InChI=1S/C31H27N3OS/c1-2-21-14-16-25(17-15-21)32-31-33-30(35)29(36-31)18-24-20-34(28-13-6-5-12-27(24)28)19-23-10-7-9-22-8-3-4-11-26(22)23/h3-18,20,31-32H,2,19H2,1H3,(H,33,35)/b29-18-/t31-/m1/s1. The van der Waals surface area contributed by atoms with Crippen molar-refractivity contribution in [2.75, 3.05) is 5.32 Å². The Labute approximate surface area is 215 Å². The van der Waals surface area contributed by atoms with Crippen LogP contribution in [0.1, 0.15) is 23.6 Å². The molecule has 1 amide bonds. The third-order valence-corrected chi connectivity index (χ3v) is 7.75. The summed E-state index contributed by atoms with van der Waals surface area (Å²) in [7, 11) is 0. The van der Waals surface area contributed by atoms with Gasteiger partial charge in [-0.1, -0.05) is 91.5 Å². The number of rotatable bonds is 6. The lowest BCUT2D eigenvalue weighted by Gasteiger charge is -2.12. The summed E-state index contributed by atoms with van der Waals surface area (Å²) in [5.41, 5.74) is 5.59. The lowest BCUT2D eigenvalue weighted by Crippen LogP contribution is -2.30. The van der Waals surface area contributed by atoms with E-state index in [-0.39, 0.29) is 11.4 Å². The SMILES string of the molecule is CCc1ccc(N[C@@H]2NC(=O)/C(=C/c3cn(Cc4cccc5ccccc45)c4ccccc34)S2)cc1. The third kappa shape index (κ3) is 4.38. The number of benzene rings is 4. The molecule has 1 aromatic heterocycles. The molecule has 1 aliphatic heterocycles. The highest BCUT2D eigenvalue weighted by Crippen LogP contribution is 2.33. The minimum Gasteiger partial charge on any atom is -0.357 e. The molecule has 2 N–H and O–H groups in total. The van der Waals surface area contributed by atoms with Crippen LogP contribution in [0.25, 0.3) is 27.8 Å². The third-order valence-electron chi connectivity index (χ3n) is 6.72. The van der Waals surface area contributed by atoms with E-state index in [1.54, 1.807) is 0 Å². The lowest BCUT2D eigenvalue weighted by molar-refractivity contribution is -0.116. The molecule has 1 fully saturated rings. The molecule has 4 nitrogen and oxygen atoms in total. The van der Waals surface area contributed by atoms with Crippen LogP contribution in [-0.2, 0) is 17.8 Å². The minimum absolute atomic E-state index is 0.0476. The fourth-order valence-electron chi connectivity index (χ4n) is 4.83. The van der Waals surface area contributed by atoms with Gasteiger partial charge in [0.05, 0.1) is 4.91 Å². The van der Waals surface area contributed by atoms with Gasteiger partial charge in [-0.15, -0.1) is 0 Å². The van der Waals surface area contributed by atoms with E-state index in [4.69, 9.17) is 0 Å². The second kappa shape index (κ2) is 9.59. The van der Waals surface area contributed by atoms with Crippen molar-refractivity contribution >= 4 is 51.1 Å². The minimum atomic E-state index is -0.194. The Balaban J connectivity index is 1.29. The number of aromatic nitrogens is 1. The van der Waals surface area contributed by atoms with E-state index in [0.717, 1.165) is 35.1 Å². The zero-order chi connectivity index (χ0) is 24.5. The van der Waals surface area contributed by atoms with Crippen LogP contribution in [0.2, 0.25) is 0 Å². The summed E-state index contributed by atoms with van der Waals surface area (Å²) in [5, 5.41) is 10.1. The largest absolute Gasteiger partial charge is 0.357 e. The Morgan fingerprint density at radius 3 is 2.50 bits per heavy atom. The summed E-state index contributed by atoms with van der Waals surface area (Å²) in [6.45, 7) is 2.91. The second-order valence-corrected chi connectivity index (χ2v) is 10.2. The van der Waals surface area contributed by atoms with E-state index in [1.807, 2.05) is 6.08 Å². The number of nitrogens with one attached hydrogen (secondary N) is 2. The highest BCUT2D eigenvalue weighted by Gasteiger charge is 2.27. The van der Waals surface area contributed by atoms with Gasteiger partial charge in [0.15, 0.2) is 5.50 Å². The van der Waals surface area contributed by atoms with Crippen molar-refractivity contribution in [2.24, 2.45) is 0 Å². The zero-order valence-corrected chi connectivity index (χ0v) is 20.9. The molecule has 0 unspecified atom stereocenters. The van der Waals surface area contributed by atoms with Crippen molar-refractivity contribution < 1.29 is 4.79 Å². The van der Waals surface area contributed by atoms with Gasteiger partial charge in [0.1, 0.15) is 0 Å². The van der Waals surface area contributed by atoms with Crippen LogP contribution in [-0.4, -0.2) is 16.0 Å². The Kier molecular flexibility index (Phi) is 5.99. The Morgan fingerprint density at radius 2 is 1.67 bits per heavy atom. The van der Waals surface area contributed by atoms with Crippen LogP contribution in [0.3, 0.4) is 0 Å². The zero-order valence-electron chi connectivity index (χ0n) is 20.1.